The number of nitrogens with one attached hydrogen (secondary N) is 1. The fourth-order valence-corrected chi connectivity index (χ4v) is 5.46. The highest BCUT2D eigenvalue weighted by Crippen LogP contribution is 2.50. The third-order valence-electron chi connectivity index (χ3n) is 7.19. The molecule has 0 aliphatic carbocycles. The number of methoxy groups -OCH3 is 1. The van der Waals surface area contributed by atoms with Crippen LogP contribution < -0.4 is 5.32 Å². The quantitative estimate of drug-likeness (QED) is 0.375. The van der Waals surface area contributed by atoms with E-state index in [1.807, 2.05) is 6.07 Å². The Hall–Kier alpha value is -4.37. The molecule has 37 heavy (non-hydrogen) atoms. The molecule has 2 saturated heterocycles. The van der Waals surface area contributed by atoms with Crippen LogP contribution in [-0.2, 0) is 32.1 Å². The summed E-state index contributed by atoms with van der Waals surface area (Å²) in [6.45, 7) is -0.0411. The zero-order chi connectivity index (χ0) is 26.2. The Morgan fingerprint density at radius 3 is 2.32 bits per heavy atom. The van der Waals surface area contributed by atoms with Crippen LogP contribution in [0.1, 0.15) is 33.2 Å². The maximum absolute atomic E-state index is 13.8. The van der Waals surface area contributed by atoms with Crippen molar-refractivity contribution in [3.63, 3.8) is 0 Å². The number of carbonyl (C=O) groups excluding carboxylic acids is 3. The summed E-state index contributed by atoms with van der Waals surface area (Å²) in [5, 5.41) is 13.7. The smallest absolute Gasteiger partial charge is 0.337 e. The lowest BCUT2D eigenvalue weighted by Crippen LogP contribution is -2.57. The van der Waals surface area contributed by atoms with Crippen LogP contribution in [0.3, 0.4) is 0 Å². The van der Waals surface area contributed by atoms with Crippen molar-refractivity contribution in [1.82, 2.24) is 15.2 Å². The van der Waals surface area contributed by atoms with Crippen LogP contribution in [0.2, 0.25) is 0 Å². The lowest BCUT2D eigenvalue weighted by atomic mass is 9.76. The van der Waals surface area contributed by atoms with Gasteiger partial charge in [0.25, 0.3) is 0 Å². The normalized spacial score (nSPS) is 24.7. The molecule has 5 rings (SSSR count). The summed E-state index contributed by atoms with van der Waals surface area (Å²) in [5.41, 5.74) is 0.449. The Labute approximate surface area is 213 Å². The van der Waals surface area contributed by atoms with Gasteiger partial charge in [-0.05, 0) is 35.4 Å². The summed E-state index contributed by atoms with van der Waals surface area (Å²) in [7, 11) is 1.28. The molecule has 0 saturated carbocycles. The number of pyridine rings is 1. The number of carbonyl (C=O) groups is 4. The van der Waals surface area contributed by atoms with Crippen molar-refractivity contribution in [2.24, 2.45) is 11.8 Å². The minimum absolute atomic E-state index is 0.0114. The Morgan fingerprint density at radius 1 is 1.00 bits per heavy atom. The number of imide groups is 1. The van der Waals surface area contributed by atoms with Gasteiger partial charge in [-0.2, -0.15) is 0 Å². The van der Waals surface area contributed by atoms with Crippen LogP contribution in [0.15, 0.2) is 79.0 Å². The van der Waals surface area contributed by atoms with Gasteiger partial charge in [0.1, 0.15) is 5.54 Å². The zero-order valence-electron chi connectivity index (χ0n) is 20.0. The number of hydrogen-bond acceptors (Lipinski definition) is 7. The summed E-state index contributed by atoms with van der Waals surface area (Å²) in [5.74, 6) is -4.79. The number of fused-ring (bicyclic) bond motifs is 1. The summed E-state index contributed by atoms with van der Waals surface area (Å²) in [4.78, 5) is 57.7. The summed E-state index contributed by atoms with van der Waals surface area (Å²) < 4.78 is 4.76. The second-order valence-corrected chi connectivity index (χ2v) is 9.26. The molecule has 2 aliphatic rings. The van der Waals surface area contributed by atoms with Gasteiger partial charge in [0.05, 0.1) is 36.7 Å². The molecule has 2 amide bonds. The molecule has 3 heterocycles. The predicted octanol–water partition coefficient (Wildman–Crippen LogP) is 2.38. The second-order valence-electron chi connectivity index (χ2n) is 9.26. The van der Waals surface area contributed by atoms with Crippen molar-refractivity contribution in [3.8, 4) is 0 Å². The SMILES string of the molecule is COC(=O)c1ccc(C2NC(Cc3ccccc3)(C(=O)O)C3C(=O)N(Cc4ccccn4)C(=O)C23)cc1. The van der Waals surface area contributed by atoms with E-state index in [4.69, 9.17) is 4.74 Å². The molecule has 2 fully saturated rings. The second kappa shape index (κ2) is 9.59. The van der Waals surface area contributed by atoms with E-state index in [1.165, 1.54) is 7.11 Å². The highest BCUT2D eigenvalue weighted by Gasteiger charge is 2.68. The predicted molar refractivity (Wildman–Crippen MR) is 131 cm³/mol. The molecule has 4 unspecified atom stereocenters. The number of carboxylic acids is 1. The molecule has 2 aromatic carbocycles. The molecule has 1 aromatic heterocycles. The molecular weight excluding hydrogens is 474 g/mol. The van der Waals surface area contributed by atoms with E-state index >= 15 is 0 Å². The highest BCUT2D eigenvalue weighted by molar-refractivity contribution is 6.09. The highest BCUT2D eigenvalue weighted by atomic mass is 16.5. The zero-order valence-corrected chi connectivity index (χ0v) is 20.0. The standard InChI is InChI=1S/C28H25N3O6/c1-37-26(34)19-12-10-18(11-13-19)23-21-22(25(33)31(24(21)32)16-20-9-5-6-14-29-20)28(30-23,27(35)36)15-17-7-3-2-4-8-17/h2-14,21-23,30H,15-16H2,1H3,(H,35,36). The third-order valence-corrected chi connectivity index (χ3v) is 7.19. The number of esters is 1. The maximum atomic E-state index is 13.8. The average Bonchev–Trinajstić information content (AvgIpc) is 3.39. The Kier molecular flexibility index (Phi) is 6.31. The number of benzene rings is 2. The molecule has 0 spiro atoms. The number of aromatic nitrogens is 1. The van der Waals surface area contributed by atoms with Crippen LogP contribution in [0.5, 0.6) is 0 Å². The Balaban J connectivity index is 1.58. The first-order chi connectivity index (χ1) is 17.9. The van der Waals surface area contributed by atoms with Crippen molar-refractivity contribution in [1.29, 1.82) is 0 Å². The lowest BCUT2D eigenvalue weighted by molar-refractivity contribution is -0.151. The number of aliphatic carboxylic acids is 1. The molecule has 3 aromatic rings. The molecule has 2 aliphatic heterocycles. The van der Waals surface area contributed by atoms with Gasteiger partial charge < -0.3 is 9.84 Å². The molecule has 4 atom stereocenters. The van der Waals surface area contributed by atoms with Gasteiger partial charge in [-0.15, -0.1) is 0 Å². The van der Waals surface area contributed by atoms with Crippen LogP contribution in [-0.4, -0.2) is 51.4 Å². The van der Waals surface area contributed by atoms with Crippen molar-refractivity contribution in [3.05, 3.63) is 101 Å². The fourth-order valence-electron chi connectivity index (χ4n) is 5.46. The van der Waals surface area contributed by atoms with Crippen LogP contribution in [0.25, 0.3) is 0 Å². The van der Waals surface area contributed by atoms with E-state index in [-0.39, 0.29) is 13.0 Å². The van der Waals surface area contributed by atoms with Crippen molar-refractivity contribution < 1.29 is 29.0 Å². The lowest BCUT2D eigenvalue weighted by Gasteiger charge is -2.31. The number of hydrogen-bond donors (Lipinski definition) is 2. The molecule has 0 radical (unpaired) electrons. The molecule has 9 heteroatoms. The maximum Gasteiger partial charge on any atom is 0.337 e. The summed E-state index contributed by atoms with van der Waals surface area (Å²) >= 11 is 0. The van der Waals surface area contributed by atoms with E-state index in [0.717, 1.165) is 10.5 Å². The van der Waals surface area contributed by atoms with Gasteiger partial charge in [0, 0.05) is 18.7 Å². The van der Waals surface area contributed by atoms with Crippen molar-refractivity contribution in [2.75, 3.05) is 7.11 Å². The van der Waals surface area contributed by atoms with E-state index in [9.17, 15) is 24.3 Å². The van der Waals surface area contributed by atoms with E-state index in [0.29, 0.717) is 16.8 Å². The largest absolute Gasteiger partial charge is 0.480 e. The molecular formula is C28H25N3O6. The van der Waals surface area contributed by atoms with Crippen LogP contribution >= 0.6 is 0 Å². The first-order valence-corrected chi connectivity index (χ1v) is 11.8. The number of carboxylic acid groups (broad SMARTS) is 1. The molecule has 2 N–H and O–H groups in total. The molecule has 9 nitrogen and oxygen atoms in total. The summed E-state index contributed by atoms with van der Waals surface area (Å²) in [6, 6.07) is 19.9. The van der Waals surface area contributed by atoms with E-state index in [1.54, 1.807) is 72.9 Å². The van der Waals surface area contributed by atoms with Crippen LogP contribution in [0.4, 0.5) is 0 Å². The van der Waals surface area contributed by atoms with E-state index < -0.39 is 47.2 Å². The van der Waals surface area contributed by atoms with Crippen LogP contribution in [0, 0.1) is 11.8 Å². The minimum atomic E-state index is -1.72. The fraction of sp³-hybridized carbons (Fsp3) is 0.250. The Morgan fingerprint density at radius 2 is 1.70 bits per heavy atom. The summed E-state index contributed by atoms with van der Waals surface area (Å²) in [6.07, 6.45) is 1.59. The van der Waals surface area contributed by atoms with Gasteiger partial charge in [-0.25, -0.2) is 4.79 Å². The van der Waals surface area contributed by atoms with Gasteiger partial charge >= 0.3 is 11.9 Å². The molecule has 188 valence electrons. The minimum Gasteiger partial charge on any atom is -0.480 e. The third kappa shape index (κ3) is 4.17. The number of nitrogens with zero attached hydrogens (tertiary/aromatic N) is 2. The monoisotopic (exact) mass is 499 g/mol. The van der Waals surface area contributed by atoms with Gasteiger partial charge in [0.2, 0.25) is 11.8 Å². The van der Waals surface area contributed by atoms with Gasteiger partial charge in [-0.3, -0.25) is 29.6 Å². The first-order valence-electron chi connectivity index (χ1n) is 11.8. The van der Waals surface area contributed by atoms with Gasteiger partial charge in [0.15, 0.2) is 0 Å². The number of ether oxygens (including phenoxy) is 1. The van der Waals surface area contributed by atoms with Gasteiger partial charge in [-0.1, -0.05) is 48.5 Å². The van der Waals surface area contributed by atoms with E-state index in [2.05, 4.69) is 10.3 Å². The Bertz CT molecular complexity index is 1350. The average molecular weight is 500 g/mol. The first kappa shape index (κ1) is 24.3. The molecule has 0 bridgehead atoms. The van der Waals surface area contributed by atoms with Crippen molar-refractivity contribution >= 4 is 23.8 Å². The number of rotatable bonds is 7. The van der Waals surface area contributed by atoms with Crippen molar-refractivity contribution in [2.45, 2.75) is 24.5 Å². The number of amides is 2. The topological polar surface area (TPSA) is 126 Å². The number of likely N-dealkylation sites (tertiary alicyclic amines) is 1.